The van der Waals surface area contributed by atoms with E-state index in [1.54, 1.807) is 0 Å². The maximum Gasteiger partial charge on any atom is 0.102 e. The second-order valence-corrected chi connectivity index (χ2v) is 5.75. The lowest BCUT2D eigenvalue weighted by atomic mass is 9.70. The SMILES string of the molecule is CC12CCC(C(=NO)C1O)C2(C)CI. The number of aliphatic hydroxyl groups is 1. The Kier molecular flexibility index (Phi) is 2.34. The van der Waals surface area contributed by atoms with Crippen LogP contribution in [0.5, 0.6) is 0 Å². The third-order valence-electron chi connectivity index (χ3n) is 4.66. The molecule has 14 heavy (non-hydrogen) atoms. The Morgan fingerprint density at radius 3 is 2.57 bits per heavy atom. The predicted octanol–water partition coefficient (Wildman–Crippen LogP) is 2.05. The number of rotatable bonds is 1. The Balaban J connectivity index is 2.50. The van der Waals surface area contributed by atoms with Gasteiger partial charge in [0.15, 0.2) is 0 Å². The molecule has 2 aliphatic carbocycles. The van der Waals surface area contributed by atoms with Gasteiger partial charge in [-0.25, -0.2) is 0 Å². The fourth-order valence-corrected chi connectivity index (χ4v) is 4.66. The first kappa shape index (κ1) is 10.7. The van der Waals surface area contributed by atoms with Crippen molar-refractivity contribution in [3.8, 4) is 0 Å². The van der Waals surface area contributed by atoms with E-state index in [2.05, 4.69) is 41.6 Å². The molecule has 80 valence electrons. The van der Waals surface area contributed by atoms with E-state index < -0.39 is 6.10 Å². The summed E-state index contributed by atoms with van der Waals surface area (Å²) in [5.41, 5.74) is 0.604. The number of halogens is 1. The summed E-state index contributed by atoms with van der Waals surface area (Å²) < 4.78 is 1.00. The van der Waals surface area contributed by atoms with Crippen molar-refractivity contribution in [2.45, 2.75) is 32.8 Å². The summed E-state index contributed by atoms with van der Waals surface area (Å²) in [6.45, 7) is 4.33. The minimum atomic E-state index is -0.550. The zero-order valence-corrected chi connectivity index (χ0v) is 10.7. The second-order valence-electron chi connectivity index (χ2n) is 4.99. The van der Waals surface area contributed by atoms with Crippen LogP contribution < -0.4 is 0 Å². The molecule has 0 aromatic carbocycles. The zero-order chi connectivity index (χ0) is 10.6. The second kappa shape index (κ2) is 3.07. The van der Waals surface area contributed by atoms with Crippen molar-refractivity contribution in [1.29, 1.82) is 0 Å². The highest BCUT2D eigenvalue weighted by Gasteiger charge is 2.66. The van der Waals surface area contributed by atoms with E-state index in [4.69, 9.17) is 5.21 Å². The summed E-state index contributed by atoms with van der Waals surface area (Å²) in [6, 6.07) is 0. The number of hydrogen-bond acceptors (Lipinski definition) is 3. The molecule has 4 heteroatoms. The highest BCUT2D eigenvalue weighted by molar-refractivity contribution is 14.1. The third kappa shape index (κ3) is 0.939. The van der Waals surface area contributed by atoms with E-state index in [1.165, 1.54) is 0 Å². The number of alkyl halides is 1. The van der Waals surface area contributed by atoms with Gasteiger partial charge in [-0.1, -0.05) is 41.6 Å². The van der Waals surface area contributed by atoms with E-state index in [1.807, 2.05) is 0 Å². The molecule has 2 rings (SSSR count). The largest absolute Gasteiger partial charge is 0.411 e. The molecule has 2 aliphatic rings. The number of nitrogens with zero attached hydrogens (tertiary/aromatic N) is 1. The van der Waals surface area contributed by atoms with E-state index >= 15 is 0 Å². The molecule has 4 atom stereocenters. The summed E-state index contributed by atoms with van der Waals surface area (Å²) in [6.07, 6.45) is 1.54. The predicted molar refractivity (Wildman–Crippen MR) is 63.1 cm³/mol. The number of fused-ring (bicyclic) bond motifs is 2. The maximum atomic E-state index is 10.1. The van der Waals surface area contributed by atoms with E-state index in [9.17, 15) is 5.11 Å². The van der Waals surface area contributed by atoms with Crippen LogP contribution in [0.15, 0.2) is 5.16 Å². The topological polar surface area (TPSA) is 52.8 Å². The van der Waals surface area contributed by atoms with Gasteiger partial charge in [-0.15, -0.1) is 0 Å². The van der Waals surface area contributed by atoms with Gasteiger partial charge in [0.1, 0.15) is 6.10 Å². The van der Waals surface area contributed by atoms with Crippen LogP contribution in [0.3, 0.4) is 0 Å². The zero-order valence-electron chi connectivity index (χ0n) is 8.50. The van der Waals surface area contributed by atoms with Crippen molar-refractivity contribution in [1.82, 2.24) is 0 Å². The van der Waals surface area contributed by atoms with Crippen LogP contribution in [0.4, 0.5) is 0 Å². The number of oxime groups is 1. The summed E-state index contributed by atoms with van der Waals surface area (Å²) in [5.74, 6) is 0.268. The lowest BCUT2D eigenvalue weighted by Crippen LogP contribution is -2.39. The minimum absolute atomic E-state index is 0.0918. The third-order valence-corrected chi connectivity index (χ3v) is 6.24. The molecule has 4 unspecified atom stereocenters. The molecule has 0 amide bonds. The molecule has 0 aromatic rings. The van der Waals surface area contributed by atoms with Gasteiger partial charge in [-0.2, -0.15) is 0 Å². The van der Waals surface area contributed by atoms with E-state index in [0.29, 0.717) is 5.71 Å². The van der Waals surface area contributed by atoms with Crippen LogP contribution in [0.2, 0.25) is 0 Å². The molecule has 2 saturated carbocycles. The molecule has 0 heterocycles. The fourth-order valence-electron chi connectivity index (χ4n) is 3.26. The molecule has 0 aliphatic heterocycles. The lowest BCUT2D eigenvalue weighted by molar-refractivity contribution is 0.0374. The Hall–Kier alpha value is 0.160. The lowest BCUT2D eigenvalue weighted by Gasteiger charge is -2.37. The van der Waals surface area contributed by atoms with Crippen molar-refractivity contribution in [2.24, 2.45) is 21.9 Å². The van der Waals surface area contributed by atoms with Crippen molar-refractivity contribution >= 4 is 28.3 Å². The van der Waals surface area contributed by atoms with E-state index in [0.717, 1.165) is 17.3 Å². The van der Waals surface area contributed by atoms with Crippen molar-refractivity contribution in [2.75, 3.05) is 4.43 Å². The fraction of sp³-hybridized carbons (Fsp3) is 0.900. The molecule has 2 fully saturated rings. The number of hydrogen-bond donors (Lipinski definition) is 2. The van der Waals surface area contributed by atoms with E-state index in [-0.39, 0.29) is 16.7 Å². The molecular formula is C10H16INO2. The van der Waals surface area contributed by atoms with Crippen LogP contribution in [0.25, 0.3) is 0 Å². The summed E-state index contributed by atoms with van der Waals surface area (Å²) in [5, 5.41) is 22.3. The minimum Gasteiger partial charge on any atom is -0.411 e. The van der Waals surface area contributed by atoms with Gasteiger partial charge in [-0.3, -0.25) is 0 Å². The average molecular weight is 309 g/mol. The highest BCUT2D eigenvalue weighted by atomic mass is 127. The Bertz CT molecular complexity index is 292. The normalized spacial score (nSPS) is 54.4. The van der Waals surface area contributed by atoms with Crippen LogP contribution >= 0.6 is 22.6 Å². The first-order valence-corrected chi connectivity index (χ1v) is 6.49. The van der Waals surface area contributed by atoms with Crippen molar-refractivity contribution in [3.05, 3.63) is 0 Å². The molecular weight excluding hydrogens is 293 g/mol. The quantitative estimate of drug-likeness (QED) is 0.337. The molecule has 0 radical (unpaired) electrons. The van der Waals surface area contributed by atoms with Gasteiger partial charge in [0.2, 0.25) is 0 Å². The summed E-state index contributed by atoms with van der Waals surface area (Å²) >= 11 is 2.38. The van der Waals surface area contributed by atoms with Crippen LogP contribution in [0.1, 0.15) is 26.7 Å². The standard InChI is InChI=1S/C10H16INO2/c1-9-4-3-6(10(9,2)5-11)7(12-14)8(9)13/h6,8,13-14H,3-5H2,1-2H3. The van der Waals surface area contributed by atoms with Crippen LogP contribution in [0, 0.1) is 16.7 Å². The Morgan fingerprint density at radius 2 is 2.21 bits per heavy atom. The molecule has 0 spiro atoms. The highest BCUT2D eigenvalue weighted by Crippen LogP contribution is 2.64. The monoisotopic (exact) mass is 309 g/mol. The van der Waals surface area contributed by atoms with Gasteiger partial charge in [0, 0.05) is 15.8 Å². The Labute approximate surface area is 97.7 Å². The maximum absolute atomic E-state index is 10.1. The van der Waals surface area contributed by atoms with Crippen LogP contribution in [-0.2, 0) is 0 Å². The van der Waals surface area contributed by atoms with Crippen LogP contribution in [-0.4, -0.2) is 26.6 Å². The summed E-state index contributed by atoms with van der Waals surface area (Å²) in [4.78, 5) is 0. The molecule has 2 N–H and O–H groups in total. The van der Waals surface area contributed by atoms with Crippen molar-refractivity contribution in [3.63, 3.8) is 0 Å². The smallest absolute Gasteiger partial charge is 0.102 e. The van der Waals surface area contributed by atoms with Gasteiger partial charge in [0.25, 0.3) is 0 Å². The molecule has 0 saturated heterocycles. The van der Waals surface area contributed by atoms with Gasteiger partial charge < -0.3 is 10.3 Å². The van der Waals surface area contributed by atoms with Gasteiger partial charge in [-0.05, 0) is 18.3 Å². The number of aliphatic hydroxyl groups excluding tert-OH is 1. The first-order chi connectivity index (χ1) is 6.51. The molecule has 2 bridgehead atoms. The molecule has 0 aromatic heterocycles. The van der Waals surface area contributed by atoms with Gasteiger partial charge >= 0.3 is 0 Å². The van der Waals surface area contributed by atoms with Crippen molar-refractivity contribution < 1.29 is 10.3 Å². The summed E-state index contributed by atoms with van der Waals surface area (Å²) in [7, 11) is 0. The van der Waals surface area contributed by atoms with Gasteiger partial charge in [0.05, 0.1) is 5.71 Å². The molecule has 3 nitrogen and oxygen atoms in total. The Morgan fingerprint density at radius 1 is 1.57 bits per heavy atom. The average Bonchev–Trinajstić information content (AvgIpc) is 2.52. The first-order valence-electron chi connectivity index (χ1n) is 4.97.